The summed E-state index contributed by atoms with van der Waals surface area (Å²) in [6.07, 6.45) is 4.81. The topological polar surface area (TPSA) is 85.8 Å². The van der Waals surface area contributed by atoms with E-state index >= 15 is 0 Å². The van der Waals surface area contributed by atoms with E-state index in [1.807, 2.05) is 45.9 Å². The monoisotopic (exact) mass is 435 g/mol. The highest BCUT2D eigenvalue weighted by Crippen LogP contribution is 2.40. The van der Waals surface area contributed by atoms with Crippen molar-refractivity contribution in [1.82, 2.24) is 14.5 Å². The van der Waals surface area contributed by atoms with Crippen LogP contribution in [-0.2, 0) is 4.79 Å². The van der Waals surface area contributed by atoms with Gasteiger partial charge in [0.1, 0.15) is 13.2 Å². The lowest BCUT2D eigenvalue weighted by atomic mass is 10.0. The third kappa shape index (κ3) is 3.72. The lowest BCUT2D eigenvalue weighted by Crippen LogP contribution is -2.39. The number of nitrogens with one attached hydrogen (secondary N) is 1. The van der Waals surface area contributed by atoms with E-state index in [1.165, 1.54) is 0 Å². The molecule has 166 valence electrons. The average Bonchev–Trinajstić information content (AvgIpc) is 3.17. The second kappa shape index (κ2) is 8.45. The van der Waals surface area contributed by atoms with Crippen LogP contribution in [0.3, 0.4) is 0 Å². The third-order valence-electron chi connectivity index (χ3n) is 6.03. The van der Waals surface area contributed by atoms with Gasteiger partial charge in [-0.05, 0) is 48.7 Å². The average molecular weight is 435 g/mol. The Morgan fingerprint density at radius 3 is 2.75 bits per heavy atom. The molecule has 0 atom stereocenters. The highest BCUT2D eigenvalue weighted by molar-refractivity contribution is 5.92. The minimum Gasteiger partial charge on any atom is -0.493 e. The number of hydrogen-bond donors (Lipinski definition) is 1. The van der Waals surface area contributed by atoms with Crippen LogP contribution in [0.25, 0.3) is 17.1 Å². The Bertz CT molecular complexity index is 1220. The molecular weight excluding hydrogens is 410 g/mol. The number of hydrogen-bond acceptors (Lipinski definition) is 5. The Morgan fingerprint density at radius 2 is 1.94 bits per heavy atom. The summed E-state index contributed by atoms with van der Waals surface area (Å²) in [7, 11) is 1.58. The normalized spacial score (nSPS) is 16.6. The fourth-order valence-corrected chi connectivity index (χ4v) is 4.44. The van der Waals surface area contributed by atoms with Gasteiger partial charge in [-0.15, -0.1) is 0 Å². The first kappa shape index (κ1) is 20.2. The van der Waals surface area contributed by atoms with Gasteiger partial charge in [-0.2, -0.15) is 0 Å². The summed E-state index contributed by atoms with van der Waals surface area (Å²) in [6.45, 7) is 2.17. The predicted molar refractivity (Wildman–Crippen MR) is 120 cm³/mol. The second-order valence-electron chi connectivity index (χ2n) is 7.95. The molecule has 2 aliphatic heterocycles. The first-order chi connectivity index (χ1) is 15.6. The zero-order valence-corrected chi connectivity index (χ0v) is 17.9. The number of imidazole rings is 1. The number of aromatic amines is 1. The molecule has 0 unspecified atom stereocenters. The van der Waals surface area contributed by atoms with Gasteiger partial charge in [0, 0.05) is 25.2 Å². The van der Waals surface area contributed by atoms with Crippen LogP contribution < -0.4 is 19.9 Å². The standard InChI is InChI=1S/C24H25N3O5/c1-30-20-14-16(15-21-23(20)32-13-12-31-21)6-7-22(28)26-10-8-17(9-11-26)27-19-5-3-2-4-18(19)25-24(27)29/h2-7,14-15,17H,8-13H2,1H3,(H,25,29). The van der Waals surface area contributed by atoms with Crippen LogP contribution in [-0.4, -0.2) is 53.8 Å². The molecular formula is C24H25N3O5. The van der Waals surface area contributed by atoms with Gasteiger partial charge in [-0.1, -0.05) is 12.1 Å². The zero-order chi connectivity index (χ0) is 22.1. The van der Waals surface area contributed by atoms with Crippen LogP contribution in [0.1, 0.15) is 24.4 Å². The number of benzene rings is 2. The number of para-hydroxylation sites is 2. The maximum absolute atomic E-state index is 12.8. The molecule has 3 heterocycles. The number of methoxy groups -OCH3 is 1. The van der Waals surface area contributed by atoms with Gasteiger partial charge >= 0.3 is 5.69 Å². The lowest BCUT2D eigenvalue weighted by Gasteiger charge is -2.32. The molecule has 3 aromatic rings. The Labute approximate surface area is 185 Å². The quantitative estimate of drug-likeness (QED) is 0.637. The third-order valence-corrected chi connectivity index (χ3v) is 6.03. The van der Waals surface area contributed by atoms with Gasteiger partial charge in [0.15, 0.2) is 11.5 Å². The van der Waals surface area contributed by atoms with Crippen molar-refractivity contribution in [2.45, 2.75) is 18.9 Å². The van der Waals surface area contributed by atoms with E-state index in [-0.39, 0.29) is 17.6 Å². The van der Waals surface area contributed by atoms with Crippen molar-refractivity contribution >= 4 is 23.0 Å². The van der Waals surface area contributed by atoms with E-state index in [2.05, 4.69) is 4.98 Å². The van der Waals surface area contributed by atoms with Crippen LogP contribution in [0.2, 0.25) is 0 Å². The van der Waals surface area contributed by atoms with E-state index in [1.54, 1.807) is 19.3 Å². The summed E-state index contributed by atoms with van der Waals surface area (Å²) in [5.74, 6) is 1.74. The van der Waals surface area contributed by atoms with Crippen molar-refractivity contribution in [2.75, 3.05) is 33.4 Å². The van der Waals surface area contributed by atoms with E-state index in [0.717, 1.165) is 29.4 Å². The minimum atomic E-state index is -0.0940. The predicted octanol–water partition coefficient (Wildman–Crippen LogP) is 2.99. The molecule has 5 rings (SSSR count). The molecule has 1 N–H and O–H groups in total. The molecule has 1 amide bonds. The van der Waals surface area contributed by atoms with Gasteiger partial charge in [-0.3, -0.25) is 9.36 Å². The summed E-state index contributed by atoms with van der Waals surface area (Å²) < 4.78 is 18.5. The summed E-state index contributed by atoms with van der Waals surface area (Å²) in [4.78, 5) is 30.0. The van der Waals surface area contributed by atoms with Crippen molar-refractivity contribution in [1.29, 1.82) is 0 Å². The fraction of sp³-hybridized carbons (Fsp3) is 0.333. The summed E-state index contributed by atoms with van der Waals surface area (Å²) >= 11 is 0. The van der Waals surface area contributed by atoms with Crippen molar-refractivity contribution in [3.8, 4) is 17.2 Å². The van der Waals surface area contributed by atoms with Crippen molar-refractivity contribution in [2.24, 2.45) is 0 Å². The van der Waals surface area contributed by atoms with Crippen LogP contribution in [0, 0.1) is 0 Å². The number of H-pyrrole nitrogens is 1. The van der Waals surface area contributed by atoms with Crippen LogP contribution in [0.4, 0.5) is 0 Å². The van der Waals surface area contributed by atoms with Crippen LogP contribution >= 0.6 is 0 Å². The number of likely N-dealkylation sites (tertiary alicyclic amines) is 1. The van der Waals surface area contributed by atoms with Crippen molar-refractivity contribution in [3.05, 3.63) is 58.5 Å². The van der Waals surface area contributed by atoms with Gasteiger partial charge in [0.05, 0.1) is 18.1 Å². The molecule has 0 aliphatic carbocycles. The van der Waals surface area contributed by atoms with Crippen molar-refractivity contribution in [3.63, 3.8) is 0 Å². The molecule has 1 saturated heterocycles. The number of carbonyl (C=O) groups excluding carboxylic acids is 1. The number of aromatic nitrogens is 2. The first-order valence-electron chi connectivity index (χ1n) is 10.8. The second-order valence-corrected chi connectivity index (χ2v) is 7.95. The highest BCUT2D eigenvalue weighted by Gasteiger charge is 2.25. The molecule has 1 aromatic heterocycles. The molecule has 32 heavy (non-hydrogen) atoms. The summed E-state index contributed by atoms with van der Waals surface area (Å²) in [5, 5.41) is 0. The van der Waals surface area contributed by atoms with E-state index in [9.17, 15) is 9.59 Å². The number of carbonyl (C=O) groups is 1. The van der Waals surface area contributed by atoms with Gasteiger partial charge in [-0.25, -0.2) is 4.79 Å². The first-order valence-corrected chi connectivity index (χ1v) is 10.8. The van der Waals surface area contributed by atoms with Gasteiger partial charge in [0.2, 0.25) is 11.7 Å². The Morgan fingerprint density at radius 1 is 1.16 bits per heavy atom. The fourth-order valence-electron chi connectivity index (χ4n) is 4.44. The maximum atomic E-state index is 12.8. The molecule has 0 radical (unpaired) electrons. The number of amides is 1. The largest absolute Gasteiger partial charge is 0.493 e. The molecule has 0 bridgehead atoms. The molecule has 2 aliphatic rings. The summed E-state index contributed by atoms with van der Waals surface area (Å²) in [5.41, 5.74) is 2.46. The van der Waals surface area contributed by atoms with Crippen LogP contribution in [0.15, 0.2) is 47.3 Å². The number of piperidine rings is 1. The number of nitrogens with zero attached hydrogens (tertiary/aromatic N) is 2. The number of rotatable bonds is 4. The van der Waals surface area contributed by atoms with E-state index in [4.69, 9.17) is 14.2 Å². The number of fused-ring (bicyclic) bond motifs is 2. The van der Waals surface area contributed by atoms with E-state index in [0.29, 0.717) is 43.6 Å². The highest BCUT2D eigenvalue weighted by atomic mass is 16.6. The van der Waals surface area contributed by atoms with Gasteiger partial charge in [0.25, 0.3) is 0 Å². The van der Waals surface area contributed by atoms with E-state index < -0.39 is 0 Å². The zero-order valence-electron chi connectivity index (χ0n) is 17.9. The summed E-state index contributed by atoms with van der Waals surface area (Å²) in [6, 6.07) is 11.5. The van der Waals surface area contributed by atoms with Crippen molar-refractivity contribution < 1.29 is 19.0 Å². The Balaban J connectivity index is 1.26. The lowest BCUT2D eigenvalue weighted by molar-refractivity contribution is -0.127. The number of ether oxygens (including phenoxy) is 3. The van der Waals surface area contributed by atoms with Gasteiger partial charge < -0.3 is 24.1 Å². The minimum absolute atomic E-state index is 0.0522. The smallest absolute Gasteiger partial charge is 0.326 e. The molecule has 8 heteroatoms. The molecule has 1 fully saturated rings. The Kier molecular flexibility index (Phi) is 5.34. The van der Waals surface area contributed by atoms with Crippen LogP contribution in [0.5, 0.6) is 17.2 Å². The molecule has 8 nitrogen and oxygen atoms in total. The molecule has 0 spiro atoms. The molecule has 0 saturated carbocycles. The maximum Gasteiger partial charge on any atom is 0.326 e. The Hall–Kier alpha value is -3.68. The SMILES string of the molecule is COc1cc(C=CC(=O)N2CCC(n3c(=O)[nH]c4ccccc43)CC2)cc2c1OCCO2. The molecule has 2 aromatic carbocycles.